The molecule has 2 aromatic carbocycles. The Kier molecular flexibility index (Phi) is 8.15. The second-order valence-corrected chi connectivity index (χ2v) is 9.02. The van der Waals surface area contributed by atoms with Crippen molar-refractivity contribution in [1.82, 2.24) is 19.7 Å². The molecule has 0 radical (unpaired) electrons. The third kappa shape index (κ3) is 6.08. The number of amides is 1. The van der Waals surface area contributed by atoms with Crippen LogP contribution in [0.25, 0.3) is 17.1 Å². The van der Waals surface area contributed by atoms with Crippen LogP contribution in [-0.2, 0) is 4.79 Å². The molecule has 0 aliphatic carbocycles. The predicted octanol–water partition coefficient (Wildman–Crippen LogP) is 5.97. The molecule has 1 N–H and O–H groups in total. The summed E-state index contributed by atoms with van der Waals surface area (Å²) in [6, 6.07) is 19.6. The lowest BCUT2D eigenvalue weighted by atomic mass is 9.99. The van der Waals surface area contributed by atoms with E-state index >= 15 is 0 Å². The highest BCUT2D eigenvalue weighted by atomic mass is 32.2. The van der Waals surface area contributed by atoms with Crippen LogP contribution >= 0.6 is 11.8 Å². The van der Waals surface area contributed by atoms with Gasteiger partial charge in [-0.1, -0.05) is 37.7 Å². The Labute approximate surface area is 210 Å². The van der Waals surface area contributed by atoms with Crippen LogP contribution in [0, 0.1) is 0 Å². The normalized spacial score (nSPS) is 11.7. The summed E-state index contributed by atoms with van der Waals surface area (Å²) in [5.74, 6) is 2.05. The zero-order valence-corrected chi connectivity index (χ0v) is 21.0. The number of carbonyl (C=O) groups is 1. The Morgan fingerprint density at radius 2 is 1.83 bits per heavy atom. The molecule has 35 heavy (non-hydrogen) atoms. The van der Waals surface area contributed by atoms with Crippen molar-refractivity contribution >= 4 is 23.4 Å². The van der Waals surface area contributed by atoms with E-state index in [1.807, 2.05) is 60.0 Å². The zero-order valence-electron chi connectivity index (χ0n) is 20.1. The number of ether oxygens (including phenoxy) is 1. The average Bonchev–Trinajstić information content (AvgIpc) is 3.32. The topological polar surface area (TPSA) is 81.9 Å². The first-order valence-electron chi connectivity index (χ1n) is 11.7. The van der Waals surface area contributed by atoms with Gasteiger partial charge in [0.1, 0.15) is 5.75 Å². The van der Waals surface area contributed by atoms with Gasteiger partial charge in [0, 0.05) is 29.3 Å². The summed E-state index contributed by atoms with van der Waals surface area (Å²) in [5, 5.41) is 12.4. The molecule has 2 heterocycles. The number of thioether (sulfide) groups is 1. The fourth-order valence-electron chi connectivity index (χ4n) is 3.59. The van der Waals surface area contributed by atoms with Crippen LogP contribution in [0.4, 0.5) is 5.69 Å². The fraction of sp³-hybridized carbons (Fsp3) is 0.259. The summed E-state index contributed by atoms with van der Waals surface area (Å²) in [6.07, 6.45) is 4.55. The van der Waals surface area contributed by atoms with Gasteiger partial charge in [-0.3, -0.25) is 14.3 Å². The molecular formula is C27H29N5O2S. The smallest absolute Gasteiger partial charge is 0.234 e. The predicted molar refractivity (Wildman–Crippen MR) is 140 cm³/mol. The van der Waals surface area contributed by atoms with E-state index in [2.05, 4.69) is 46.5 Å². The number of nitrogens with zero attached hydrogens (tertiary/aromatic N) is 4. The molecule has 2 aromatic heterocycles. The number of aromatic nitrogens is 4. The van der Waals surface area contributed by atoms with Crippen molar-refractivity contribution in [3.05, 3.63) is 78.6 Å². The van der Waals surface area contributed by atoms with Crippen molar-refractivity contribution in [2.75, 3.05) is 17.7 Å². The van der Waals surface area contributed by atoms with E-state index in [1.165, 1.54) is 17.3 Å². The first-order chi connectivity index (χ1) is 17.1. The minimum atomic E-state index is -0.101. The summed E-state index contributed by atoms with van der Waals surface area (Å²) in [6.45, 7) is 6.92. The molecule has 1 atom stereocenters. The quantitative estimate of drug-likeness (QED) is 0.278. The SMILES string of the molecule is CCOc1ccc(-n2c(SCC(=O)Nc3ccc(C(C)CC)cc3)nnc2-c2cccnc2)cc1. The van der Waals surface area contributed by atoms with Crippen molar-refractivity contribution in [2.24, 2.45) is 0 Å². The molecule has 7 nitrogen and oxygen atoms in total. The van der Waals surface area contributed by atoms with Crippen molar-refractivity contribution in [3.63, 3.8) is 0 Å². The zero-order chi connectivity index (χ0) is 24.6. The standard InChI is InChI=1S/C27H29N5O2S/c1-4-19(3)20-8-10-22(11-9-20)29-25(33)18-35-27-31-30-26(21-7-6-16-28-17-21)32(27)23-12-14-24(15-13-23)34-5-2/h6-17,19H,4-5,18H2,1-3H3,(H,29,33). The number of anilines is 1. The monoisotopic (exact) mass is 487 g/mol. The highest BCUT2D eigenvalue weighted by Crippen LogP contribution is 2.29. The minimum absolute atomic E-state index is 0.101. The van der Waals surface area contributed by atoms with Crippen molar-refractivity contribution < 1.29 is 9.53 Å². The highest BCUT2D eigenvalue weighted by molar-refractivity contribution is 7.99. The highest BCUT2D eigenvalue weighted by Gasteiger charge is 2.18. The Bertz CT molecular complexity index is 1240. The maximum Gasteiger partial charge on any atom is 0.234 e. The number of benzene rings is 2. The van der Waals surface area contributed by atoms with E-state index in [-0.39, 0.29) is 11.7 Å². The molecule has 0 aliphatic rings. The first-order valence-corrected chi connectivity index (χ1v) is 12.7. The van der Waals surface area contributed by atoms with E-state index in [4.69, 9.17) is 4.74 Å². The van der Waals surface area contributed by atoms with Crippen molar-refractivity contribution in [2.45, 2.75) is 38.3 Å². The molecule has 1 unspecified atom stereocenters. The molecule has 0 spiro atoms. The molecule has 0 saturated heterocycles. The lowest BCUT2D eigenvalue weighted by Gasteiger charge is -2.12. The summed E-state index contributed by atoms with van der Waals surface area (Å²) in [5.41, 5.74) is 3.77. The fourth-order valence-corrected chi connectivity index (χ4v) is 4.35. The van der Waals surface area contributed by atoms with E-state index in [1.54, 1.807) is 12.4 Å². The van der Waals surface area contributed by atoms with Crippen LogP contribution in [0.15, 0.2) is 78.2 Å². The maximum atomic E-state index is 12.7. The lowest BCUT2D eigenvalue weighted by molar-refractivity contribution is -0.113. The molecule has 8 heteroatoms. The first kappa shape index (κ1) is 24.5. The number of nitrogens with one attached hydrogen (secondary N) is 1. The lowest BCUT2D eigenvalue weighted by Crippen LogP contribution is -2.14. The van der Waals surface area contributed by atoms with E-state index in [0.29, 0.717) is 23.5 Å². The minimum Gasteiger partial charge on any atom is -0.494 e. The molecule has 4 rings (SSSR count). The van der Waals surface area contributed by atoms with Gasteiger partial charge in [0.25, 0.3) is 0 Å². The summed E-state index contributed by atoms with van der Waals surface area (Å²) in [4.78, 5) is 16.9. The van der Waals surface area contributed by atoms with Gasteiger partial charge in [0.2, 0.25) is 5.91 Å². The van der Waals surface area contributed by atoms with Crippen molar-refractivity contribution in [3.8, 4) is 22.8 Å². The Morgan fingerprint density at radius 3 is 2.49 bits per heavy atom. The summed E-state index contributed by atoms with van der Waals surface area (Å²) in [7, 11) is 0. The molecule has 0 bridgehead atoms. The Morgan fingerprint density at radius 1 is 1.06 bits per heavy atom. The number of pyridine rings is 1. The van der Waals surface area contributed by atoms with Crippen LogP contribution in [-0.4, -0.2) is 38.0 Å². The van der Waals surface area contributed by atoms with Crippen LogP contribution in [0.2, 0.25) is 0 Å². The largest absolute Gasteiger partial charge is 0.494 e. The Balaban J connectivity index is 1.52. The molecule has 0 saturated carbocycles. The van der Waals surface area contributed by atoms with Gasteiger partial charge in [-0.2, -0.15) is 0 Å². The summed E-state index contributed by atoms with van der Waals surface area (Å²) >= 11 is 1.34. The van der Waals surface area contributed by atoms with E-state index in [0.717, 1.165) is 29.1 Å². The third-order valence-electron chi connectivity index (χ3n) is 5.67. The molecule has 4 aromatic rings. The van der Waals surface area contributed by atoms with Gasteiger partial charge in [-0.15, -0.1) is 10.2 Å². The second-order valence-electron chi connectivity index (χ2n) is 8.08. The molecule has 180 valence electrons. The average molecular weight is 488 g/mol. The number of rotatable bonds is 10. The number of hydrogen-bond acceptors (Lipinski definition) is 6. The van der Waals surface area contributed by atoms with Crippen LogP contribution < -0.4 is 10.1 Å². The molecule has 1 amide bonds. The number of hydrogen-bond donors (Lipinski definition) is 1. The number of carbonyl (C=O) groups excluding carboxylic acids is 1. The van der Waals surface area contributed by atoms with Gasteiger partial charge in [-0.25, -0.2) is 0 Å². The van der Waals surface area contributed by atoms with Crippen molar-refractivity contribution in [1.29, 1.82) is 0 Å². The molecule has 0 aliphatic heterocycles. The van der Waals surface area contributed by atoms with Gasteiger partial charge in [0.15, 0.2) is 11.0 Å². The molecular weight excluding hydrogens is 458 g/mol. The van der Waals surface area contributed by atoms with Crippen LogP contribution in [0.5, 0.6) is 5.75 Å². The summed E-state index contributed by atoms with van der Waals surface area (Å²) < 4.78 is 7.51. The van der Waals surface area contributed by atoms with Gasteiger partial charge >= 0.3 is 0 Å². The van der Waals surface area contributed by atoms with Gasteiger partial charge in [0.05, 0.1) is 12.4 Å². The van der Waals surface area contributed by atoms with E-state index < -0.39 is 0 Å². The Hall–Kier alpha value is -3.65. The van der Waals surface area contributed by atoms with Crippen LogP contribution in [0.3, 0.4) is 0 Å². The maximum absolute atomic E-state index is 12.7. The molecule has 0 fully saturated rings. The van der Waals surface area contributed by atoms with Crippen LogP contribution in [0.1, 0.15) is 38.7 Å². The van der Waals surface area contributed by atoms with Gasteiger partial charge < -0.3 is 10.1 Å². The second kappa shape index (κ2) is 11.7. The third-order valence-corrected chi connectivity index (χ3v) is 6.60. The van der Waals surface area contributed by atoms with E-state index in [9.17, 15) is 4.79 Å². The van der Waals surface area contributed by atoms with Gasteiger partial charge in [-0.05, 0) is 73.4 Å².